The highest BCUT2D eigenvalue weighted by Gasteiger charge is 2.08. The fourth-order valence-electron chi connectivity index (χ4n) is 2.06. The number of anilines is 1. The Hall–Kier alpha value is -3.35. The largest absolute Gasteiger partial charge is 0.424 e. The number of ether oxygens (including phenoxy) is 1. The first kappa shape index (κ1) is 15.5. The minimum absolute atomic E-state index is 0.251. The molecule has 120 valence electrons. The minimum atomic E-state index is -0.325. The van der Waals surface area contributed by atoms with E-state index in [2.05, 4.69) is 25.3 Å². The van der Waals surface area contributed by atoms with Gasteiger partial charge in [0.2, 0.25) is 0 Å². The molecular formula is C17H15N5O2. The Labute approximate surface area is 138 Å². The first-order valence-electron chi connectivity index (χ1n) is 7.28. The molecule has 0 bridgehead atoms. The van der Waals surface area contributed by atoms with Gasteiger partial charge in [-0.25, -0.2) is 15.0 Å². The van der Waals surface area contributed by atoms with Crippen molar-refractivity contribution in [1.29, 1.82) is 0 Å². The SMILES string of the molecule is Cc1cc(C)nc(Oc2ccc(NC(=O)c3cnccn3)cc2)n1. The van der Waals surface area contributed by atoms with Gasteiger partial charge in [-0.15, -0.1) is 0 Å². The van der Waals surface area contributed by atoms with E-state index in [1.54, 1.807) is 24.3 Å². The van der Waals surface area contributed by atoms with Crippen molar-refractivity contribution in [2.45, 2.75) is 13.8 Å². The molecule has 2 heterocycles. The Morgan fingerprint density at radius 2 is 1.75 bits per heavy atom. The van der Waals surface area contributed by atoms with Gasteiger partial charge in [-0.1, -0.05) is 0 Å². The molecule has 0 aliphatic heterocycles. The van der Waals surface area contributed by atoms with Crippen LogP contribution in [0.1, 0.15) is 21.9 Å². The van der Waals surface area contributed by atoms with E-state index in [0.717, 1.165) is 11.4 Å². The van der Waals surface area contributed by atoms with Gasteiger partial charge in [0.05, 0.1) is 6.20 Å². The molecule has 0 unspecified atom stereocenters. The first-order chi connectivity index (χ1) is 11.6. The number of benzene rings is 1. The normalized spacial score (nSPS) is 10.2. The van der Waals surface area contributed by atoms with Crippen molar-refractivity contribution in [1.82, 2.24) is 19.9 Å². The Kier molecular flexibility index (Phi) is 4.42. The molecule has 7 heteroatoms. The van der Waals surface area contributed by atoms with Crippen LogP contribution < -0.4 is 10.1 Å². The average Bonchev–Trinajstić information content (AvgIpc) is 2.56. The molecule has 0 aliphatic rings. The van der Waals surface area contributed by atoms with E-state index in [9.17, 15) is 4.79 Å². The van der Waals surface area contributed by atoms with E-state index < -0.39 is 0 Å². The Bertz CT molecular complexity index is 830. The summed E-state index contributed by atoms with van der Waals surface area (Å²) in [5.41, 5.74) is 2.55. The standard InChI is InChI=1S/C17H15N5O2/c1-11-9-12(2)21-17(20-11)24-14-5-3-13(4-6-14)22-16(23)15-10-18-7-8-19-15/h3-10H,1-2H3,(H,22,23). The zero-order valence-corrected chi connectivity index (χ0v) is 13.2. The molecule has 3 aromatic rings. The van der Waals surface area contributed by atoms with Crippen LogP contribution in [0.15, 0.2) is 48.9 Å². The van der Waals surface area contributed by atoms with Crippen LogP contribution >= 0.6 is 0 Å². The molecule has 0 saturated heterocycles. The van der Waals surface area contributed by atoms with Gasteiger partial charge in [0.1, 0.15) is 11.4 Å². The molecule has 1 aromatic carbocycles. The summed E-state index contributed by atoms with van der Waals surface area (Å²) < 4.78 is 5.63. The van der Waals surface area contributed by atoms with Crippen LogP contribution in [0, 0.1) is 13.8 Å². The number of carbonyl (C=O) groups excluding carboxylic acids is 1. The van der Waals surface area contributed by atoms with Gasteiger partial charge in [0, 0.05) is 29.5 Å². The molecule has 24 heavy (non-hydrogen) atoms. The number of aryl methyl sites for hydroxylation is 2. The monoisotopic (exact) mass is 321 g/mol. The Morgan fingerprint density at radius 3 is 2.38 bits per heavy atom. The van der Waals surface area contributed by atoms with Crippen molar-refractivity contribution in [2.75, 3.05) is 5.32 Å². The molecular weight excluding hydrogens is 306 g/mol. The number of hydrogen-bond donors (Lipinski definition) is 1. The molecule has 0 fully saturated rings. The van der Waals surface area contributed by atoms with Crippen molar-refractivity contribution in [3.8, 4) is 11.8 Å². The highest BCUT2D eigenvalue weighted by molar-refractivity contribution is 6.02. The predicted octanol–water partition coefficient (Wildman–Crippen LogP) is 2.93. The maximum absolute atomic E-state index is 12.0. The van der Waals surface area contributed by atoms with Crippen LogP contribution in [-0.2, 0) is 0 Å². The fraction of sp³-hybridized carbons (Fsp3) is 0.118. The number of aromatic nitrogens is 4. The van der Waals surface area contributed by atoms with E-state index >= 15 is 0 Å². The number of amides is 1. The van der Waals surface area contributed by atoms with Gasteiger partial charge < -0.3 is 10.1 Å². The molecule has 7 nitrogen and oxygen atoms in total. The van der Waals surface area contributed by atoms with Gasteiger partial charge in [-0.2, -0.15) is 0 Å². The molecule has 1 amide bonds. The summed E-state index contributed by atoms with van der Waals surface area (Å²) in [5.74, 6) is 0.256. The van der Waals surface area contributed by atoms with Gasteiger partial charge in [-0.3, -0.25) is 9.78 Å². The van der Waals surface area contributed by atoms with Crippen molar-refractivity contribution < 1.29 is 9.53 Å². The number of nitrogens with zero attached hydrogens (tertiary/aromatic N) is 4. The highest BCUT2D eigenvalue weighted by atomic mass is 16.5. The number of nitrogens with one attached hydrogen (secondary N) is 1. The summed E-state index contributed by atoms with van der Waals surface area (Å²) in [6.07, 6.45) is 4.39. The highest BCUT2D eigenvalue weighted by Crippen LogP contribution is 2.21. The third-order valence-corrected chi connectivity index (χ3v) is 3.08. The van der Waals surface area contributed by atoms with E-state index in [4.69, 9.17) is 4.74 Å². The lowest BCUT2D eigenvalue weighted by Crippen LogP contribution is -2.13. The predicted molar refractivity (Wildman–Crippen MR) is 88.0 cm³/mol. The smallest absolute Gasteiger partial charge is 0.322 e. The molecule has 0 saturated carbocycles. The van der Waals surface area contributed by atoms with Gasteiger partial charge in [0.15, 0.2) is 0 Å². The van der Waals surface area contributed by atoms with Crippen molar-refractivity contribution >= 4 is 11.6 Å². The Morgan fingerprint density at radius 1 is 1.04 bits per heavy atom. The number of rotatable bonds is 4. The zero-order chi connectivity index (χ0) is 16.9. The third-order valence-electron chi connectivity index (χ3n) is 3.08. The molecule has 0 radical (unpaired) electrons. The second-order valence-electron chi connectivity index (χ2n) is 5.10. The summed E-state index contributed by atoms with van der Waals surface area (Å²) in [6.45, 7) is 3.76. The van der Waals surface area contributed by atoms with Crippen molar-refractivity contribution in [3.63, 3.8) is 0 Å². The van der Waals surface area contributed by atoms with E-state index in [1.165, 1.54) is 18.6 Å². The van der Waals surface area contributed by atoms with Crippen LogP contribution in [-0.4, -0.2) is 25.8 Å². The first-order valence-corrected chi connectivity index (χ1v) is 7.28. The molecule has 0 atom stereocenters. The second kappa shape index (κ2) is 6.82. The summed E-state index contributed by atoms with van der Waals surface area (Å²) in [7, 11) is 0. The average molecular weight is 321 g/mol. The summed E-state index contributed by atoms with van der Waals surface area (Å²) in [5, 5.41) is 2.74. The zero-order valence-electron chi connectivity index (χ0n) is 13.2. The van der Waals surface area contributed by atoms with Crippen LogP contribution in [0.25, 0.3) is 0 Å². The lowest BCUT2D eigenvalue weighted by atomic mass is 10.3. The summed E-state index contributed by atoms with van der Waals surface area (Å²) >= 11 is 0. The summed E-state index contributed by atoms with van der Waals surface area (Å²) in [6, 6.07) is 9.08. The Balaban J connectivity index is 1.68. The van der Waals surface area contributed by atoms with Crippen LogP contribution in [0.3, 0.4) is 0 Å². The lowest BCUT2D eigenvalue weighted by Gasteiger charge is -2.07. The number of hydrogen-bond acceptors (Lipinski definition) is 6. The maximum Gasteiger partial charge on any atom is 0.322 e. The van der Waals surface area contributed by atoms with Gasteiger partial charge in [0.25, 0.3) is 5.91 Å². The van der Waals surface area contributed by atoms with Crippen LogP contribution in [0.5, 0.6) is 11.8 Å². The van der Waals surface area contributed by atoms with E-state index in [-0.39, 0.29) is 11.6 Å². The lowest BCUT2D eigenvalue weighted by molar-refractivity contribution is 0.102. The minimum Gasteiger partial charge on any atom is -0.424 e. The fourth-order valence-corrected chi connectivity index (χ4v) is 2.06. The summed E-state index contributed by atoms with van der Waals surface area (Å²) in [4.78, 5) is 28.3. The van der Waals surface area contributed by atoms with Crippen molar-refractivity contribution in [3.05, 3.63) is 66.0 Å². The molecule has 2 aromatic heterocycles. The van der Waals surface area contributed by atoms with Crippen LogP contribution in [0.2, 0.25) is 0 Å². The quantitative estimate of drug-likeness (QED) is 0.794. The second-order valence-corrected chi connectivity index (χ2v) is 5.10. The van der Waals surface area contributed by atoms with Gasteiger partial charge >= 0.3 is 6.01 Å². The maximum atomic E-state index is 12.0. The molecule has 3 rings (SSSR count). The van der Waals surface area contributed by atoms with Gasteiger partial charge in [-0.05, 0) is 44.2 Å². The van der Waals surface area contributed by atoms with Crippen molar-refractivity contribution in [2.24, 2.45) is 0 Å². The van der Waals surface area contributed by atoms with E-state index in [1.807, 2.05) is 19.9 Å². The van der Waals surface area contributed by atoms with E-state index in [0.29, 0.717) is 17.4 Å². The van der Waals surface area contributed by atoms with Crippen LogP contribution in [0.4, 0.5) is 5.69 Å². The molecule has 0 aliphatic carbocycles. The topological polar surface area (TPSA) is 89.9 Å². The third kappa shape index (κ3) is 3.89. The number of carbonyl (C=O) groups is 1. The molecule has 1 N–H and O–H groups in total. The molecule has 0 spiro atoms.